The number of rotatable bonds is 6. The third kappa shape index (κ3) is 5.15. The van der Waals surface area contributed by atoms with Crippen molar-refractivity contribution in [1.82, 2.24) is 9.80 Å². The van der Waals surface area contributed by atoms with Gasteiger partial charge in [0.1, 0.15) is 0 Å². The molecule has 9 heteroatoms. The topological polar surface area (TPSA) is 110 Å². The van der Waals surface area contributed by atoms with Crippen LogP contribution in [0.1, 0.15) is 35.7 Å². The molecule has 1 saturated heterocycles. The summed E-state index contributed by atoms with van der Waals surface area (Å²) in [7, 11) is 1.27. The van der Waals surface area contributed by atoms with Gasteiger partial charge in [-0.25, -0.2) is 0 Å². The number of amides is 2. The molecule has 1 aliphatic heterocycles. The second-order valence-electron chi connectivity index (χ2n) is 6.28. The van der Waals surface area contributed by atoms with Gasteiger partial charge >= 0.3 is 5.97 Å². The fourth-order valence-corrected chi connectivity index (χ4v) is 2.97. The first kappa shape index (κ1) is 21.1. The molecule has 0 aliphatic carbocycles. The molecule has 0 atom stereocenters. The van der Waals surface area contributed by atoms with Gasteiger partial charge in [-0.15, -0.1) is 0 Å². The van der Waals surface area contributed by atoms with Gasteiger partial charge in [-0.2, -0.15) is 0 Å². The van der Waals surface area contributed by atoms with E-state index in [2.05, 4.69) is 4.74 Å². The molecule has 1 aromatic carbocycles. The number of nitro benzene ring substituents is 1. The highest BCUT2D eigenvalue weighted by Crippen LogP contribution is 2.23. The number of carbonyl (C=O) groups excluding carboxylic acids is 3. The van der Waals surface area contributed by atoms with E-state index in [4.69, 9.17) is 0 Å². The highest BCUT2D eigenvalue weighted by molar-refractivity contribution is 5.95. The SMILES string of the molecule is C/C=C/c1ccc(C(=O)N2CCN(C(=O)CCC(=O)OC)CC2)cc1[N+](=O)[O-]. The first-order chi connectivity index (χ1) is 13.4. The largest absolute Gasteiger partial charge is 0.469 e. The van der Waals surface area contributed by atoms with Crippen molar-refractivity contribution in [1.29, 1.82) is 0 Å². The van der Waals surface area contributed by atoms with Crippen molar-refractivity contribution in [2.75, 3.05) is 33.3 Å². The van der Waals surface area contributed by atoms with E-state index in [0.717, 1.165) is 0 Å². The number of methoxy groups -OCH3 is 1. The number of piperazine rings is 1. The van der Waals surface area contributed by atoms with E-state index in [0.29, 0.717) is 31.7 Å². The van der Waals surface area contributed by atoms with Crippen LogP contribution in [-0.4, -0.2) is 65.8 Å². The Bertz CT molecular complexity index is 797. The Balaban J connectivity index is 2.00. The lowest BCUT2D eigenvalue weighted by molar-refractivity contribution is -0.385. The molecule has 2 rings (SSSR count). The van der Waals surface area contributed by atoms with Crippen molar-refractivity contribution >= 4 is 29.5 Å². The maximum Gasteiger partial charge on any atom is 0.306 e. The van der Waals surface area contributed by atoms with Crippen molar-refractivity contribution in [2.45, 2.75) is 19.8 Å². The summed E-state index contributed by atoms with van der Waals surface area (Å²) < 4.78 is 4.52. The number of hydrogen-bond acceptors (Lipinski definition) is 6. The molecular formula is C19H23N3O6. The Hall–Kier alpha value is -3.23. The Morgan fingerprint density at radius 1 is 1.14 bits per heavy atom. The van der Waals surface area contributed by atoms with E-state index >= 15 is 0 Å². The van der Waals surface area contributed by atoms with Crippen LogP contribution < -0.4 is 0 Å². The van der Waals surface area contributed by atoms with Crippen LogP contribution in [0.4, 0.5) is 5.69 Å². The molecule has 0 radical (unpaired) electrons. The Labute approximate surface area is 162 Å². The standard InChI is InChI=1S/C19H23N3O6/c1-3-4-14-5-6-15(13-16(14)22(26)27)19(25)21-11-9-20(10-12-21)17(23)7-8-18(24)28-2/h3-6,13H,7-12H2,1-2H3/b4-3+. The van der Waals surface area contributed by atoms with Crippen molar-refractivity contribution in [3.8, 4) is 0 Å². The molecule has 0 unspecified atom stereocenters. The maximum absolute atomic E-state index is 12.7. The van der Waals surface area contributed by atoms with Gasteiger partial charge < -0.3 is 14.5 Å². The molecule has 28 heavy (non-hydrogen) atoms. The van der Waals surface area contributed by atoms with Crippen LogP contribution in [0.3, 0.4) is 0 Å². The van der Waals surface area contributed by atoms with Crippen molar-refractivity contribution in [3.63, 3.8) is 0 Å². The average molecular weight is 389 g/mol. The molecule has 0 bridgehead atoms. The number of allylic oxidation sites excluding steroid dienone is 1. The molecule has 9 nitrogen and oxygen atoms in total. The number of hydrogen-bond donors (Lipinski definition) is 0. The zero-order chi connectivity index (χ0) is 20.7. The summed E-state index contributed by atoms with van der Waals surface area (Å²) in [5.41, 5.74) is 0.552. The lowest BCUT2D eigenvalue weighted by atomic mass is 10.1. The van der Waals surface area contributed by atoms with Gasteiger partial charge in [-0.1, -0.05) is 12.2 Å². The molecule has 0 aromatic heterocycles. The zero-order valence-electron chi connectivity index (χ0n) is 15.9. The number of benzene rings is 1. The normalized spacial score (nSPS) is 14.2. The van der Waals surface area contributed by atoms with Crippen LogP contribution in [0.15, 0.2) is 24.3 Å². The van der Waals surface area contributed by atoms with Crippen LogP contribution in [-0.2, 0) is 14.3 Å². The molecule has 1 fully saturated rings. The fraction of sp³-hybridized carbons (Fsp3) is 0.421. The van der Waals surface area contributed by atoms with E-state index in [1.165, 1.54) is 13.2 Å². The molecular weight excluding hydrogens is 366 g/mol. The van der Waals surface area contributed by atoms with Crippen LogP contribution in [0, 0.1) is 10.1 Å². The molecule has 1 heterocycles. The summed E-state index contributed by atoms with van der Waals surface area (Å²) in [6.07, 6.45) is 3.40. The summed E-state index contributed by atoms with van der Waals surface area (Å²) in [6.45, 7) is 3.12. The molecule has 0 N–H and O–H groups in total. The minimum absolute atomic E-state index is 0.0245. The quantitative estimate of drug-likeness (QED) is 0.417. The lowest BCUT2D eigenvalue weighted by Gasteiger charge is -2.34. The Morgan fingerprint density at radius 2 is 1.79 bits per heavy atom. The van der Waals surface area contributed by atoms with E-state index < -0.39 is 10.9 Å². The summed E-state index contributed by atoms with van der Waals surface area (Å²) in [4.78, 5) is 49.9. The second-order valence-corrected chi connectivity index (χ2v) is 6.28. The Kier molecular flexibility index (Phi) is 7.25. The molecule has 1 aromatic rings. The third-order valence-electron chi connectivity index (χ3n) is 4.51. The first-order valence-corrected chi connectivity index (χ1v) is 8.92. The zero-order valence-corrected chi connectivity index (χ0v) is 15.9. The predicted octanol–water partition coefficient (Wildman–Crippen LogP) is 1.87. The van der Waals surface area contributed by atoms with E-state index in [9.17, 15) is 24.5 Å². The van der Waals surface area contributed by atoms with Crippen molar-refractivity contribution in [2.24, 2.45) is 0 Å². The van der Waals surface area contributed by atoms with Gasteiger partial charge in [0.05, 0.1) is 24.0 Å². The molecule has 2 amide bonds. The maximum atomic E-state index is 12.7. The Morgan fingerprint density at radius 3 is 2.36 bits per heavy atom. The highest BCUT2D eigenvalue weighted by atomic mass is 16.6. The first-order valence-electron chi connectivity index (χ1n) is 8.92. The van der Waals surface area contributed by atoms with E-state index in [1.54, 1.807) is 41.0 Å². The third-order valence-corrected chi connectivity index (χ3v) is 4.51. The lowest BCUT2D eigenvalue weighted by Crippen LogP contribution is -2.50. The molecule has 150 valence electrons. The van der Waals surface area contributed by atoms with Gasteiger partial charge in [-0.3, -0.25) is 24.5 Å². The predicted molar refractivity (Wildman–Crippen MR) is 102 cm³/mol. The van der Waals surface area contributed by atoms with Gasteiger partial charge in [-0.05, 0) is 19.1 Å². The van der Waals surface area contributed by atoms with Gasteiger partial charge in [0.2, 0.25) is 5.91 Å². The van der Waals surface area contributed by atoms with Crippen molar-refractivity contribution in [3.05, 3.63) is 45.5 Å². The minimum Gasteiger partial charge on any atom is -0.469 e. The molecule has 1 aliphatic rings. The van der Waals surface area contributed by atoms with Crippen LogP contribution >= 0.6 is 0 Å². The number of esters is 1. The van der Waals surface area contributed by atoms with Gasteiger partial charge in [0.15, 0.2) is 0 Å². The smallest absolute Gasteiger partial charge is 0.306 e. The second kappa shape index (κ2) is 9.63. The van der Waals surface area contributed by atoms with E-state index in [1.807, 2.05) is 0 Å². The molecule has 0 spiro atoms. The van der Waals surface area contributed by atoms with Gasteiger partial charge in [0, 0.05) is 44.2 Å². The number of ether oxygens (including phenoxy) is 1. The van der Waals surface area contributed by atoms with Crippen LogP contribution in [0.25, 0.3) is 6.08 Å². The van der Waals surface area contributed by atoms with Crippen LogP contribution in [0.2, 0.25) is 0 Å². The van der Waals surface area contributed by atoms with E-state index in [-0.39, 0.29) is 35.9 Å². The summed E-state index contributed by atoms with van der Waals surface area (Å²) in [5, 5.41) is 11.3. The number of nitro groups is 1. The molecule has 0 saturated carbocycles. The fourth-order valence-electron chi connectivity index (χ4n) is 2.97. The number of carbonyl (C=O) groups is 3. The monoisotopic (exact) mass is 389 g/mol. The van der Waals surface area contributed by atoms with Crippen LogP contribution in [0.5, 0.6) is 0 Å². The van der Waals surface area contributed by atoms with Gasteiger partial charge in [0.25, 0.3) is 11.6 Å². The minimum atomic E-state index is -0.510. The summed E-state index contributed by atoms with van der Waals surface area (Å²) in [5.74, 6) is -0.911. The highest BCUT2D eigenvalue weighted by Gasteiger charge is 2.26. The summed E-state index contributed by atoms with van der Waals surface area (Å²) in [6, 6.07) is 4.40. The average Bonchev–Trinajstić information content (AvgIpc) is 2.71. The number of nitrogens with zero attached hydrogens (tertiary/aromatic N) is 3. The van der Waals surface area contributed by atoms with Crippen molar-refractivity contribution < 1.29 is 24.0 Å². The summed E-state index contributed by atoms with van der Waals surface area (Å²) >= 11 is 0.